The number of hydrogen-bond donors (Lipinski definition) is 2. The molecule has 2 unspecified atom stereocenters. The summed E-state index contributed by atoms with van der Waals surface area (Å²) >= 11 is 0. The molecule has 0 radical (unpaired) electrons. The van der Waals surface area contributed by atoms with Crippen LogP contribution in [-0.4, -0.2) is 39.9 Å². The fraction of sp³-hybridized carbons (Fsp3) is 0.400. The highest BCUT2D eigenvalue weighted by molar-refractivity contribution is 7.84. The zero-order valence-corrected chi connectivity index (χ0v) is 12.7. The van der Waals surface area contributed by atoms with Crippen molar-refractivity contribution in [1.29, 1.82) is 0 Å². The topological polar surface area (TPSA) is 66.4 Å². The molecule has 0 saturated heterocycles. The smallest absolute Gasteiger partial charge is 0.251 e. The van der Waals surface area contributed by atoms with Crippen LogP contribution in [0.4, 0.5) is 0 Å². The summed E-state index contributed by atoms with van der Waals surface area (Å²) in [6, 6.07) is 5.30. The van der Waals surface area contributed by atoms with E-state index in [-0.39, 0.29) is 17.8 Å². The first-order valence-corrected chi connectivity index (χ1v) is 7.88. The molecule has 0 spiro atoms. The number of carbonyl (C=O) groups is 1. The van der Waals surface area contributed by atoms with Crippen molar-refractivity contribution in [2.45, 2.75) is 19.1 Å². The van der Waals surface area contributed by atoms with Crippen LogP contribution >= 0.6 is 0 Å². The Balaban J connectivity index is 2.82. The number of rotatable bonds is 4. The van der Waals surface area contributed by atoms with Gasteiger partial charge in [0.2, 0.25) is 0 Å². The Bertz CT molecular complexity index is 572. The Kier molecular flexibility index (Phi) is 6.43. The second-order valence-corrected chi connectivity index (χ2v) is 6.37. The molecule has 108 valence electrons. The standard InChI is InChI=1S/C15H19NO3S/c1-11-7-13(5-4-6-17)9-14(8-11)15(18)16-10-12(2)20(3)19/h7-9,12,17H,6,10H2,1-3H3,(H,16,18). The van der Waals surface area contributed by atoms with Gasteiger partial charge in [-0.2, -0.15) is 0 Å². The third kappa shape index (κ3) is 5.16. The van der Waals surface area contributed by atoms with Gasteiger partial charge in [-0.1, -0.05) is 11.8 Å². The molecule has 1 rings (SSSR count). The SMILES string of the molecule is Cc1cc(C#CCO)cc(C(=O)NCC(C)S(C)=O)c1. The number of nitrogens with one attached hydrogen (secondary N) is 1. The molecule has 0 heterocycles. The van der Waals surface area contributed by atoms with E-state index in [0.717, 1.165) is 5.56 Å². The van der Waals surface area contributed by atoms with E-state index in [1.807, 2.05) is 19.9 Å². The summed E-state index contributed by atoms with van der Waals surface area (Å²) in [7, 11) is -0.961. The predicted molar refractivity (Wildman–Crippen MR) is 81.0 cm³/mol. The number of benzene rings is 1. The average molecular weight is 293 g/mol. The average Bonchev–Trinajstić information content (AvgIpc) is 2.41. The summed E-state index contributed by atoms with van der Waals surface area (Å²) < 4.78 is 11.2. The van der Waals surface area contributed by atoms with Gasteiger partial charge >= 0.3 is 0 Å². The van der Waals surface area contributed by atoms with E-state index in [9.17, 15) is 9.00 Å². The summed E-state index contributed by atoms with van der Waals surface area (Å²) in [5.41, 5.74) is 2.13. The van der Waals surface area contributed by atoms with Gasteiger partial charge in [-0.3, -0.25) is 9.00 Å². The third-order valence-corrected chi connectivity index (χ3v) is 4.07. The van der Waals surface area contributed by atoms with E-state index in [1.54, 1.807) is 18.4 Å². The van der Waals surface area contributed by atoms with Crippen molar-refractivity contribution in [3.05, 3.63) is 34.9 Å². The highest BCUT2D eigenvalue weighted by atomic mass is 32.2. The zero-order chi connectivity index (χ0) is 15.1. The van der Waals surface area contributed by atoms with Crippen molar-refractivity contribution in [3.63, 3.8) is 0 Å². The Morgan fingerprint density at radius 1 is 1.45 bits per heavy atom. The second-order valence-electron chi connectivity index (χ2n) is 4.57. The van der Waals surface area contributed by atoms with E-state index < -0.39 is 10.8 Å². The van der Waals surface area contributed by atoms with Crippen LogP contribution in [0.1, 0.15) is 28.4 Å². The Labute approximate surface area is 122 Å². The highest BCUT2D eigenvalue weighted by Gasteiger charge is 2.11. The Morgan fingerprint density at radius 3 is 2.75 bits per heavy atom. The molecule has 2 atom stereocenters. The summed E-state index contributed by atoms with van der Waals surface area (Å²) in [5, 5.41) is 11.4. The first-order chi connectivity index (χ1) is 9.43. The van der Waals surface area contributed by atoms with Gasteiger partial charge < -0.3 is 10.4 Å². The number of aliphatic hydroxyl groups is 1. The summed E-state index contributed by atoms with van der Waals surface area (Å²) in [6.45, 7) is 3.86. The van der Waals surface area contributed by atoms with Crippen molar-refractivity contribution in [2.75, 3.05) is 19.4 Å². The molecule has 0 aliphatic rings. The van der Waals surface area contributed by atoms with Gasteiger partial charge in [-0.25, -0.2) is 0 Å². The molecule has 20 heavy (non-hydrogen) atoms. The third-order valence-electron chi connectivity index (χ3n) is 2.77. The van der Waals surface area contributed by atoms with Crippen LogP contribution in [0.3, 0.4) is 0 Å². The molecular formula is C15H19NO3S. The van der Waals surface area contributed by atoms with Gasteiger partial charge in [-0.05, 0) is 37.6 Å². The van der Waals surface area contributed by atoms with Crippen molar-refractivity contribution in [2.24, 2.45) is 0 Å². The van der Waals surface area contributed by atoms with E-state index in [4.69, 9.17) is 5.11 Å². The minimum Gasteiger partial charge on any atom is -0.384 e. The molecule has 0 aliphatic carbocycles. The molecule has 0 fully saturated rings. The predicted octanol–water partition coefficient (Wildman–Crippen LogP) is 0.836. The van der Waals surface area contributed by atoms with Crippen molar-refractivity contribution in [1.82, 2.24) is 5.32 Å². The normalized spacial score (nSPS) is 13.0. The van der Waals surface area contributed by atoms with Crippen molar-refractivity contribution < 1.29 is 14.1 Å². The van der Waals surface area contributed by atoms with Gasteiger partial charge in [0.05, 0.1) is 0 Å². The lowest BCUT2D eigenvalue weighted by Crippen LogP contribution is -2.32. The first-order valence-electron chi connectivity index (χ1n) is 6.26. The molecule has 1 aromatic carbocycles. The van der Waals surface area contributed by atoms with Crippen LogP contribution < -0.4 is 5.32 Å². The molecule has 1 amide bonds. The number of aryl methyl sites for hydroxylation is 1. The molecule has 0 aromatic heterocycles. The Morgan fingerprint density at radius 2 is 2.15 bits per heavy atom. The minimum atomic E-state index is -0.961. The lowest BCUT2D eigenvalue weighted by Gasteiger charge is -2.10. The lowest BCUT2D eigenvalue weighted by atomic mass is 10.1. The van der Waals surface area contributed by atoms with Crippen molar-refractivity contribution in [3.8, 4) is 11.8 Å². The Hall–Kier alpha value is -1.64. The largest absolute Gasteiger partial charge is 0.384 e. The lowest BCUT2D eigenvalue weighted by molar-refractivity contribution is 0.0954. The fourth-order valence-corrected chi connectivity index (χ4v) is 1.90. The second kappa shape index (κ2) is 7.83. The van der Waals surface area contributed by atoms with Gasteiger partial charge in [0.1, 0.15) is 6.61 Å². The molecular weight excluding hydrogens is 274 g/mol. The van der Waals surface area contributed by atoms with Gasteiger partial charge in [0, 0.05) is 40.0 Å². The van der Waals surface area contributed by atoms with Gasteiger partial charge in [0.25, 0.3) is 5.91 Å². The molecule has 5 heteroatoms. The monoisotopic (exact) mass is 293 g/mol. The zero-order valence-electron chi connectivity index (χ0n) is 11.9. The number of carbonyl (C=O) groups excluding carboxylic acids is 1. The van der Waals surface area contributed by atoms with E-state index in [1.165, 1.54) is 0 Å². The molecule has 0 aliphatic heterocycles. The quantitative estimate of drug-likeness (QED) is 0.808. The highest BCUT2D eigenvalue weighted by Crippen LogP contribution is 2.09. The maximum atomic E-state index is 12.0. The van der Waals surface area contributed by atoms with Gasteiger partial charge in [0.15, 0.2) is 0 Å². The fourth-order valence-electron chi connectivity index (χ4n) is 1.58. The van der Waals surface area contributed by atoms with Crippen LogP contribution in [0.2, 0.25) is 0 Å². The maximum Gasteiger partial charge on any atom is 0.251 e. The molecule has 0 bridgehead atoms. The van der Waals surface area contributed by atoms with E-state index >= 15 is 0 Å². The maximum absolute atomic E-state index is 12.0. The molecule has 2 N–H and O–H groups in total. The number of amides is 1. The molecule has 0 saturated carbocycles. The molecule has 4 nitrogen and oxygen atoms in total. The number of hydrogen-bond acceptors (Lipinski definition) is 3. The summed E-state index contributed by atoms with van der Waals surface area (Å²) in [6.07, 6.45) is 1.62. The minimum absolute atomic E-state index is 0.0857. The summed E-state index contributed by atoms with van der Waals surface area (Å²) in [4.78, 5) is 12.0. The first kappa shape index (κ1) is 16.4. The van der Waals surface area contributed by atoms with Crippen LogP contribution in [0.15, 0.2) is 18.2 Å². The van der Waals surface area contributed by atoms with Crippen LogP contribution in [0.5, 0.6) is 0 Å². The number of aliphatic hydroxyl groups excluding tert-OH is 1. The molecule has 1 aromatic rings. The van der Waals surface area contributed by atoms with E-state index in [2.05, 4.69) is 17.2 Å². The van der Waals surface area contributed by atoms with Crippen LogP contribution in [-0.2, 0) is 10.8 Å². The summed E-state index contributed by atoms with van der Waals surface area (Å²) in [5.74, 6) is 5.13. The van der Waals surface area contributed by atoms with Crippen LogP contribution in [0.25, 0.3) is 0 Å². The van der Waals surface area contributed by atoms with E-state index in [0.29, 0.717) is 17.7 Å². The van der Waals surface area contributed by atoms with Crippen molar-refractivity contribution >= 4 is 16.7 Å². The van der Waals surface area contributed by atoms with Gasteiger partial charge in [-0.15, -0.1) is 0 Å². The van der Waals surface area contributed by atoms with Crippen LogP contribution in [0, 0.1) is 18.8 Å².